The molecule has 0 aliphatic carbocycles. The summed E-state index contributed by atoms with van der Waals surface area (Å²) in [7, 11) is 0. The number of hydrogen-bond acceptors (Lipinski definition) is 2. The van der Waals surface area contributed by atoms with Crippen molar-refractivity contribution in [1.29, 1.82) is 0 Å². The zero-order valence-corrected chi connectivity index (χ0v) is 12.5. The smallest absolute Gasteiger partial charge is 0.109 e. The topological polar surface area (TPSA) is 35.2 Å². The molecule has 0 radical (unpaired) electrons. The van der Waals surface area contributed by atoms with Crippen molar-refractivity contribution >= 4 is 24.0 Å². The molecule has 0 amide bonds. The van der Waals surface area contributed by atoms with Crippen molar-refractivity contribution in [3.8, 4) is 0 Å². The fourth-order valence-corrected chi connectivity index (χ4v) is 1.93. The first-order valence-electron chi connectivity index (χ1n) is 6.34. The van der Waals surface area contributed by atoms with Crippen LogP contribution in [-0.2, 0) is 11.2 Å². The van der Waals surface area contributed by atoms with Crippen molar-refractivity contribution in [3.63, 3.8) is 0 Å². The Kier molecular flexibility index (Phi) is 10.5. The monoisotopic (exact) mass is 291 g/mol. The highest BCUT2D eigenvalue weighted by Crippen LogP contribution is 2.12. The van der Waals surface area contributed by atoms with Gasteiger partial charge < -0.3 is 10.5 Å². The van der Waals surface area contributed by atoms with Crippen LogP contribution in [-0.4, -0.2) is 12.8 Å². The van der Waals surface area contributed by atoms with E-state index in [1.54, 1.807) is 0 Å². The zero-order valence-electron chi connectivity index (χ0n) is 10.9. The quantitative estimate of drug-likeness (QED) is 0.576. The molecule has 0 spiro atoms. The van der Waals surface area contributed by atoms with Crippen LogP contribution in [0.1, 0.15) is 38.2 Å². The van der Waals surface area contributed by atoms with Crippen molar-refractivity contribution < 1.29 is 4.74 Å². The van der Waals surface area contributed by atoms with Crippen LogP contribution in [0.25, 0.3) is 0 Å². The van der Waals surface area contributed by atoms with Gasteiger partial charge in [0.2, 0.25) is 0 Å². The molecule has 0 heterocycles. The second kappa shape index (κ2) is 10.6. The Bertz CT molecular complexity index is 320. The van der Waals surface area contributed by atoms with E-state index in [1.807, 2.05) is 24.3 Å². The van der Waals surface area contributed by atoms with Gasteiger partial charge in [-0.1, -0.05) is 49.9 Å². The van der Waals surface area contributed by atoms with Gasteiger partial charge in [0.15, 0.2) is 0 Å². The molecule has 0 saturated heterocycles. The van der Waals surface area contributed by atoms with Crippen LogP contribution < -0.4 is 5.73 Å². The van der Waals surface area contributed by atoms with Gasteiger partial charge in [-0.05, 0) is 24.1 Å². The van der Waals surface area contributed by atoms with Crippen molar-refractivity contribution in [3.05, 3.63) is 34.9 Å². The van der Waals surface area contributed by atoms with Gasteiger partial charge in [-0.2, -0.15) is 0 Å². The number of rotatable bonds is 8. The Hall–Kier alpha value is -0.280. The Morgan fingerprint density at radius 2 is 2.06 bits per heavy atom. The molecule has 1 aromatic rings. The third-order valence-corrected chi connectivity index (χ3v) is 2.89. The predicted octanol–water partition coefficient (Wildman–Crippen LogP) is 4.19. The minimum absolute atomic E-state index is 0. The summed E-state index contributed by atoms with van der Waals surface area (Å²) in [5, 5.41) is 0.748. The van der Waals surface area contributed by atoms with Crippen molar-refractivity contribution in [1.82, 2.24) is 0 Å². The molecule has 1 atom stereocenters. The lowest BCUT2D eigenvalue weighted by Gasteiger charge is -2.13. The van der Waals surface area contributed by atoms with E-state index in [4.69, 9.17) is 22.1 Å². The molecule has 0 aromatic heterocycles. The van der Waals surface area contributed by atoms with Crippen LogP contribution in [0, 0.1) is 0 Å². The van der Waals surface area contributed by atoms with Gasteiger partial charge in [-0.3, -0.25) is 0 Å². The van der Waals surface area contributed by atoms with Crippen LogP contribution in [0.4, 0.5) is 0 Å². The van der Waals surface area contributed by atoms with Crippen LogP contribution in [0.3, 0.4) is 0 Å². The molecule has 104 valence electrons. The first-order valence-corrected chi connectivity index (χ1v) is 6.71. The number of ether oxygens (including phenoxy) is 1. The molecule has 1 aromatic carbocycles. The summed E-state index contributed by atoms with van der Waals surface area (Å²) >= 11 is 5.91. The number of benzene rings is 1. The van der Waals surface area contributed by atoms with E-state index in [0.29, 0.717) is 6.42 Å². The summed E-state index contributed by atoms with van der Waals surface area (Å²) in [6.45, 7) is 2.95. The predicted molar refractivity (Wildman–Crippen MR) is 80.5 cm³/mol. The highest BCUT2D eigenvalue weighted by atomic mass is 35.5. The lowest BCUT2D eigenvalue weighted by atomic mass is 10.1. The Morgan fingerprint density at radius 3 is 2.72 bits per heavy atom. The van der Waals surface area contributed by atoms with E-state index < -0.39 is 0 Å². The summed E-state index contributed by atoms with van der Waals surface area (Å²) in [5.74, 6) is 0. The van der Waals surface area contributed by atoms with Gasteiger partial charge in [-0.15, -0.1) is 12.4 Å². The minimum atomic E-state index is -0.227. The van der Waals surface area contributed by atoms with Crippen LogP contribution in [0.2, 0.25) is 5.02 Å². The number of hydrogen-bond donors (Lipinski definition) is 1. The molecule has 0 bridgehead atoms. The largest absolute Gasteiger partial charge is 0.363 e. The first-order chi connectivity index (χ1) is 8.22. The van der Waals surface area contributed by atoms with E-state index in [-0.39, 0.29) is 18.6 Å². The molecule has 1 unspecified atom stereocenters. The van der Waals surface area contributed by atoms with Crippen LogP contribution >= 0.6 is 24.0 Å². The minimum Gasteiger partial charge on any atom is -0.363 e. The first kappa shape index (κ1) is 17.7. The molecule has 0 saturated carbocycles. The number of nitrogens with two attached hydrogens (primary N) is 1. The maximum atomic E-state index is 5.91. The Balaban J connectivity index is 0.00000289. The summed E-state index contributed by atoms with van der Waals surface area (Å²) in [6.07, 6.45) is 5.32. The average Bonchev–Trinajstić information content (AvgIpc) is 2.29. The van der Waals surface area contributed by atoms with Gasteiger partial charge >= 0.3 is 0 Å². The normalized spacial score (nSPS) is 11.9. The number of unbranched alkanes of at least 4 members (excludes halogenated alkanes) is 3. The van der Waals surface area contributed by atoms with Gasteiger partial charge in [0, 0.05) is 18.1 Å². The van der Waals surface area contributed by atoms with E-state index in [2.05, 4.69) is 6.92 Å². The van der Waals surface area contributed by atoms with E-state index in [9.17, 15) is 0 Å². The van der Waals surface area contributed by atoms with Crippen LogP contribution in [0.5, 0.6) is 0 Å². The molecular formula is C14H23Cl2NO. The third kappa shape index (κ3) is 7.93. The van der Waals surface area contributed by atoms with Gasteiger partial charge in [0.1, 0.15) is 6.23 Å². The lowest BCUT2D eigenvalue weighted by molar-refractivity contribution is 0.0553. The second-order valence-electron chi connectivity index (χ2n) is 4.30. The fourth-order valence-electron chi connectivity index (χ4n) is 1.72. The van der Waals surface area contributed by atoms with E-state index >= 15 is 0 Å². The maximum Gasteiger partial charge on any atom is 0.109 e. The molecule has 4 heteroatoms. The SMILES string of the molecule is CCCCCCOC(N)Cc1cccc(Cl)c1.Cl. The standard InChI is InChI=1S/C14H22ClNO.ClH/c1-2-3-4-5-9-17-14(16)11-12-7-6-8-13(15)10-12;/h6-8,10,14H,2-5,9,11,16H2,1H3;1H. The summed E-state index contributed by atoms with van der Waals surface area (Å²) in [5.41, 5.74) is 7.03. The molecule has 1 rings (SSSR count). The molecule has 0 fully saturated rings. The fraction of sp³-hybridized carbons (Fsp3) is 0.571. The highest BCUT2D eigenvalue weighted by Gasteiger charge is 2.04. The summed E-state index contributed by atoms with van der Waals surface area (Å²) < 4.78 is 5.57. The average molecular weight is 292 g/mol. The molecule has 2 N–H and O–H groups in total. The summed E-state index contributed by atoms with van der Waals surface area (Å²) in [6, 6.07) is 7.75. The van der Waals surface area contributed by atoms with E-state index in [0.717, 1.165) is 23.6 Å². The second-order valence-corrected chi connectivity index (χ2v) is 4.74. The number of halogens is 2. The lowest BCUT2D eigenvalue weighted by Crippen LogP contribution is -2.26. The third-order valence-electron chi connectivity index (χ3n) is 2.66. The van der Waals surface area contributed by atoms with Gasteiger partial charge in [-0.25, -0.2) is 0 Å². The molecule has 2 nitrogen and oxygen atoms in total. The van der Waals surface area contributed by atoms with Gasteiger partial charge in [0.05, 0.1) is 0 Å². The van der Waals surface area contributed by atoms with Crippen molar-refractivity contribution in [2.75, 3.05) is 6.61 Å². The maximum absolute atomic E-state index is 5.91. The Labute approximate surface area is 121 Å². The van der Waals surface area contributed by atoms with Gasteiger partial charge in [0.25, 0.3) is 0 Å². The molecule has 0 aliphatic rings. The van der Waals surface area contributed by atoms with Crippen molar-refractivity contribution in [2.45, 2.75) is 45.3 Å². The highest BCUT2D eigenvalue weighted by molar-refractivity contribution is 6.30. The van der Waals surface area contributed by atoms with Crippen LogP contribution in [0.15, 0.2) is 24.3 Å². The van der Waals surface area contributed by atoms with Crippen molar-refractivity contribution in [2.24, 2.45) is 5.73 Å². The zero-order chi connectivity index (χ0) is 12.5. The van der Waals surface area contributed by atoms with E-state index in [1.165, 1.54) is 19.3 Å². The molecule has 0 aliphatic heterocycles. The summed E-state index contributed by atoms with van der Waals surface area (Å²) in [4.78, 5) is 0. The molecule has 18 heavy (non-hydrogen) atoms. The molecular weight excluding hydrogens is 269 g/mol. The Morgan fingerprint density at radius 1 is 1.28 bits per heavy atom.